The highest BCUT2D eigenvalue weighted by atomic mass is 16.5. The summed E-state index contributed by atoms with van der Waals surface area (Å²) in [4.78, 5) is 2.26. The second kappa shape index (κ2) is 5.72. The fourth-order valence-electron chi connectivity index (χ4n) is 2.37. The first-order valence-electron chi connectivity index (χ1n) is 6.78. The zero-order chi connectivity index (χ0) is 13.0. The van der Waals surface area contributed by atoms with Crippen LogP contribution < -0.4 is 4.74 Å². The van der Waals surface area contributed by atoms with Crippen molar-refractivity contribution in [3.63, 3.8) is 0 Å². The molecule has 0 amide bonds. The maximum Gasteiger partial charge on any atom is 0.119 e. The van der Waals surface area contributed by atoms with Gasteiger partial charge in [0.2, 0.25) is 0 Å². The number of likely N-dealkylation sites (tertiary alicyclic amines) is 1. The molecule has 100 valence electrons. The molecular formula is C15H23NO2. The largest absolute Gasteiger partial charge is 0.494 e. The second-order valence-corrected chi connectivity index (χ2v) is 5.21. The van der Waals surface area contributed by atoms with Gasteiger partial charge in [-0.2, -0.15) is 0 Å². The van der Waals surface area contributed by atoms with Gasteiger partial charge in [0.25, 0.3) is 0 Å². The van der Waals surface area contributed by atoms with Crippen LogP contribution in [0, 0.1) is 0 Å². The van der Waals surface area contributed by atoms with E-state index in [9.17, 15) is 5.11 Å². The van der Waals surface area contributed by atoms with Gasteiger partial charge in [-0.15, -0.1) is 0 Å². The van der Waals surface area contributed by atoms with Gasteiger partial charge in [-0.25, -0.2) is 0 Å². The van der Waals surface area contributed by atoms with E-state index >= 15 is 0 Å². The van der Waals surface area contributed by atoms with Crippen LogP contribution >= 0.6 is 0 Å². The molecule has 0 atom stereocenters. The van der Waals surface area contributed by atoms with Gasteiger partial charge < -0.3 is 14.7 Å². The van der Waals surface area contributed by atoms with E-state index in [1.165, 1.54) is 0 Å². The van der Waals surface area contributed by atoms with Crippen LogP contribution in [0.2, 0.25) is 0 Å². The topological polar surface area (TPSA) is 32.7 Å². The normalized spacial score (nSPS) is 19.7. The molecule has 2 rings (SSSR count). The zero-order valence-corrected chi connectivity index (χ0v) is 11.4. The molecule has 0 aromatic heterocycles. The lowest BCUT2D eigenvalue weighted by molar-refractivity contribution is -0.0204. The number of benzene rings is 1. The van der Waals surface area contributed by atoms with E-state index in [0.717, 1.165) is 50.3 Å². The Labute approximate surface area is 109 Å². The van der Waals surface area contributed by atoms with Crippen molar-refractivity contribution in [2.75, 3.05) is 26.7 Å². The van der Waals surface area contributed by atoms with Crippen LogP contribution in [-0.4, -0.2) is 36.8 Å². The van der Waals surface area contributed by atoms with Gasteiger partial charge in [0, 0.05) is 13.1 Å². The van der Waals surface area contributed by atoms with Crippen molar-refractivity contribution in [1.82, 2.24) is 4.90 Å². The van der Waals surface area contributed by atoms with Gasteiger partial charge in [-0.05, 0) is 44.0 Å². The van der Waals surface area contributed by atoms with Crippen molar-refractivity contribution in [1.29, 1.82) is 0 Å². The number of hydrogen-bond donors (Lipinski definition) is 1. The third-order valence-electron chi connectivity index (χ3n) is 3.66. The molecule has 0 aliphatic carbocycles. The average molecular weight is 249 g/mol. The summed E-state index contributed by atoms with van der Waals surface area (Å²) in [6.45, 7) is 4.70. The Morgan fingerprint density at radius 2 is 2.06 bits per heavy atom. The van der Waals surface area contributed by atoms with Crippen molar-refractivity contribution in [3.8, 4) is 5.75 Å². The minimum absolute atomic E-state index is 0.682. The first-order valence-corrected chi connectivity index (χ1v) is 6.78. The number of ether oxygens (including phenoxy) is 1. The second-order valence-electron chi connectivity index (χ2n) is 5.21. The molecule has 0 saturated carbocycles. The molecule has 1 N–H and O–H groups in total. The molecular weight excluding hydrogens is 226 g/mol. The Kier molecular flexibility index (Phi) is 4.25. The van der Waals surface area contributed by atoms with Crippen LogP contribution in [0.5, 0.6) is 5.75 Å². The number of nitrogens with zero attached hydrogens (tertiary/aromatic N) is 1. The molecule has 3 heteroatoms. The average Bonchev–Trinajstić information content (AvgIpc) is 2.40. The summed E-state index contributed by atoms with van der Waals surface area (Å²) in [5.41, 5.74) is 0.308. The SMILES string of the molecule is CCCOc1cccc(C2(O)CCN(C)CC2)c1. The molecule has 1 aliphatic heterocycles. The molecule has 1 aromatic carbocycles. The van der Waals surface area contributed by atoms with E-state index in [2.05, 4.69) is 18.9 Å². The van der Waals surface area contributed by atoms with Gasteiger partial charge in [-0.3, -0.25) is 0 Å². The Balaban J connectivity index is 2.12. The van der Waals surface area contributed by atoms with Crippen LogP contribution in [-0.2, 0) is 5.60 Å². The lowest BCUT2D eigenvalue weighted by Gasteiger charge is -2.37. The highest BCUT2D eigenvalue weighted by Gasteiger charge is 2.33. The molecule has 0 bridgehead atoms. The molecule has 1 fully saturated rings. The Hall–Kier alpha value is -1.06. The van der Waals surface area contributed by atoms with Crippen LogP contribution in [0.25, 0.3) is 0 Å². The van der Waals surface area contributed by atoms with Crippen LogP contribution in [0.4, 0.5) is 0 Å². The highest BCUT2D eigenvalue weighted by Crippen LogP contribution is 2.33. The number of hydrogen-bond acceptors (Lipinski definition) is 3. The minimum Gasteiger partial charge on any atom is -0.494 e. The number of rotatable bonds is 4. The summed E-state index contributed by atoms with van der Waals surface area (Å²) in [7, 11) is 2.10. The highest BCUT2D eigenvalue weighted by molar-refractivity contribution is 5.32. The summed E-state index contributed by atoms with van der Waals surface area (Å²) >= 11 is 0. The minimum atomic E-state index is -0.682. The van der Waals surface area contributed by atoms with Crippen LogP contribution in [0.3, 0.4) is 0 Å². The van der Waals surface area contributed by atoms with Crippen molar-refractivity contribution in [2.24, 2.45) is 0 Å². The summed E-state index contributed by atoms with van der Waals surface area (Å²) in [5, 5.41) is 10.7. The number of aliphatic hydroxyl groups is 1. The molecule has 0 spiro atoms. The molecule has 3 nitrogen and oxygen atoms in total. The Morgan fingerprint density at radius 1 is 1.33 bits per heavy atom. The third-order valence-corrected chi connectivity index (χ3v) is 3.66. The van der Waals surface area contributed by atoms with Gasteiger partial charge >= 0.3 is 0 Å². The Bertz CT molecular complexity index is 384. The monoisotopic (exact) mass is 249 g/mol. The van der Waals surface area contributed by atoms with E-state index in [0.29, 0.717) is 0 Å². The predicted molar refractivity (Wildman–Crippen MR) is 72.9 cm³/mol. The summed E-state index contributed by atoms with van der Waals surface area (Å²) in [5.74, 6) is 0.863. The number of piperidine rings is 1. The molecule has 0 radical (unpaired) electrons. The van der Waals surface area contributed by atoms with E-state index in [4.69, 9.17) is 4.74 Å². The first kappa shape index (κ1) is 13.4. The molecule has 1 aliphatic rings. The third kappa shape index (κ3) is 3.03. The van der Waals surface area contributed by atoms with E-state index in [1.807, 2.05) is 24.3 Å². The fraction of sp³-hybridized carbons (Fsp3) is 0.600. The molecule has 1 heterocycles. The lowest BCUT2D eigenvalue weighted by Crippen LogP contribution is -2.40. The van der Waals surface area contributed by atoms with E-state index < -0.39 is 5.60 Å². The van der Waals surface area contributed by atoms with Crippen molar-refractivity contribution >= 4 is 0 Å². The predicted octanol–water partition coefficient (Wildman–Crippen LogP) is 2.39. The Morgan fingerprint density at radius 3 is 2.72 bits per heavy atom. The smallest absolute Gasteiger partial charge is 0.119 e. The van der Waals surface area contributed by atoms with Gasteiger partial charge in [0.05, 0.1) is 12.2 Å². The molecule has 1 aromatic rings. The maximum absolute atomic E-state index is 10.7. The van der Waals surface area contributed by atoms with Gasteiger partial charge in [0.1, 0.15) is 5.75 Å². The quantitative estimate of drug-likeness (QED) is 0.889. The molecule has 1 saturated heterocycles. The maximum atomic E-state index is 10.7. The van der Waals surface area contributed by atoms with Crippen LogP contribution in [0.1, 0.15) is 31.7 Å². The van der Waals surface area contributed by atoms with E-state index in [-0.39, 0.29) is 0 Å². The first-order chi connectivity index (χ1) is 8.64. The fourth-order valence-corrected chi connectivity index (χ4v) is 2.37. The van der Waals surface area contributed by atoms with Gasteiger partial charge in [-0.1, -0.05) is 19.1 Å². The van der Waals surface area contributed by atoms with Crippen molar-refractivity contribution in [2.45, 2.75) is 31.8 Å². The summed E-state index contributed by atoms with van der Waals surface area (Å²) in [6.07, 6.45) is 2.58. The summed E-state index contributed by atoms with van der Waals surface area (Å²) in [6, 6.07) is 7.92. The lowest BCUT2D eigenvalue weighted by atomic mass is 9.84. The zero-order valence-electron chi connectivity index (χ0n) is 11.4. The summed E-state index contributed by atoms with van der Waals surface area (Å²) < 4.78 is 5.63. The van der Waals surface area contributed by atoms with E-state index in [1.54, 1.807) is 0 Å². The molecule has 18 heavy (non-hydrogen) atoms. The molecule has 0 unspecified atom stereocenters. The van der Waals surface area contributed by atoms with Crippen molar-refractivity contribution in [3.05, 3.63) is 29.8 Å². The van der Waals surface area contributed by atoms with Gasteiger partial charge in [0.15, 0.2) is 0 Å². The van der Waals surface area contributed by atoms with Crippen molar-refractivity contribution < 1.29 is 9.84 Å². The standard InChI is InChI=1S/C15H23NO2/c1-3-11-18-14-6-4-5-13(12-14)15(17)7-9-16(2)10-8-15/h4-6,12,17H,3,7-11H2,1-2H3. The van der Waals surface area contributed by atoms with Crippen LogP contribution in [0.15, 0.2) is 24.3 Å².